The number of rotatable bonds is 7. The number of hydrogen-bond donors (Lipinski definition) is 2. The Hall–Kier alpha value is -5.48. The molecule has 11 heteroatoms. The van der Waals surface area contributed by atoms with Gasteiger partial charge in [0, 0.05) is 57.3 Å². The van der Waals surface area contributed by atoms with Crippen molar-refractivity contribution in [3.8, 4) is 0 Å². The van der Waals surface area contributed by atoms with Crippen molar-refractivity contribution in [2.24, 2.45) is 5.73 Å². The van der Waals surface area contributed by atoms with Crippen LogP contribution in [0.25, 0.3) is 0 Å². The molecule has 0 saturated carbocycles. The van der Waals surface area contributed by atoms with Crippen molar-refractivity contribution < 1.29 is 24.0 Å². The van der Waals surface area contributed by atoms with Crippen LogP contribution in [0.3, 0.4) is 0 Å². The zero-order valence-corrected chi connectivity index (χ0v) is 29.6. The molecule has 7 rings (SSSR count). The normalized spacial score (nSPS) is 19.8. The highest BCUT2D eigenvalue weighted by atomic mass is 35.5. The number of nitrogens with two attached hydrogens (primary N) is 1. The van der Waals surface area contributed by atoms with Gasteiger partial charge in [0.15, 0.2) is 0 Å². The van der Waals surface area contributed by atoms with Gasteiger partial charge in [0.05, 0.1) is 0 Å². The van der Waals surface area contributed by atoms with E-state index < -0.39 is 41.9 Å². The van der Waals surface area contributed by atoms with Crippen molar-refractivity contribution in [3.05, 3.63) is 141 Å². The van der Waals surface area contributed by atoms with Crippen LogP contribution in [0.15, 0.2) is 97.1 Å². The summed E-state index contributed by atoms with van der Waals surface area (Å²) in [6.07, 6.45) is 0.919. The van der Waals surface area contributed by atoms with E-state index in [1.165, 1.54) is 21.6 Å². The third kappa shape index (κ3) is 7.03. The predicted octanol–water partition coefficient (Wildman–Crippen LogP) is 3.73. The maximum absolute atomic E-state index is 15.0. The molecule has 3 aliphatic rings. The first kappa shape index (κ1) is 34.9. The van der Waals surface area contributed by atoms with E-state index in [0.717, 1.165) is 38.9 Å². The van der Waals surface area contributed by atoms with E-state index in [0.29, 0.717) is 11.4 Å². The first-order valence-corrected chi connectivity index (χ1v) is 17.9. The second-order valence-corrected chi connectivity index (χ2v) is 14.3. The monoisotopic (exact) mass is 717 g/mol. The molecule has 266 valence electrons. The van der Waals surface area contributed by atoms with Crippen LogP contribution in [0.1, 0.15) is 45.9 Å². The molecule has 0 bridgehead atoms. The molecule has 0 saturated heterocycles. The van der Waals surface area contributed by atoms with E-state index >= 15 is 0 Å². The molecule has 3 heterocycles. The van der Waals surface area contributed by atoms with E-state index in [1.807, 2.05) is 72.8 Å². The molecule has 3 N–H and O–H groups in total. The summed E-state index contributed by atoms with van der Waals surface area (Å²) in [5, 5.41) is 3.54. The van der Waals surface area contributed by atoms with Crippen molar-refractivity contribution >= 4 is 41.1 Å². The Labute approximate surface area is 307 Å². The standard InChI is InChI=1S/C41H40ClN5O5/c1-25(48)45-22-30-11-5-3-9-28(30)20-36(45)39(50)44-34(18-26-14-16-33(42)17-15-26)40(51)47-24-32-13-7-4-10-29(32)21-37(47)41(52)46-23-31-12-6-2-8-27(31)19-35(46)38(43)49/h2-17,34-37H,18-24H2,1H3,(H2,43,49)(H,44,50)/t34-,35?,36?,37?/m1/s1. The fourth-order valence-electron chi connectivity index (χ4n) is 7.79. The van der Waals surface area contributed by atoms with Crippen molar-refractivity contribution in [2.75, 3.05) is 0 Å². The van der Waals surface area contributed by atoms with Gasteiger partial charge in [0.1, 0.15) is 24.2 Å². The van der Waals surface area contributed by atoms with Crippen LogP contribution in [0.2, 0.25) is 5.02 Å². The summed E-state index contributed by atoms with van der Waals surface area (Å²) < 4.78 is 0. The number of primary amides is 1. The molecule has 0 aromatic heterocycles. The smallest absolute Gasteiger partial charge is 0.246 e. The van der Waals surface area contributed by atoms with Gasteiger partial charge in [-0.25, -0.2) is 0 Å². The number of halogens is 1. The van der Waals surface area contributed by atoms with Crippen LogP contribution >= 0.6 is 11.6 Å². The summed E-state index contributed by atoms with van der Waals surface area (Å²) in [6, 6.07) is 26.3. The second kappa shape index (κ2) is 14.6. The highest BCUT2D eigenvalue weighted by Crippen LogP contribution is 2.30. The molecular formula is C41H40ClN5O5. The van der Waals surface area contributed by atoms with Gasteiger partial charge in [-0.2, -0.15) is 0 Å². The number of amides is 5. The van der Waals surface area contributed by atoms with Crippen LogP contribution in [0, 0.1) is 0 Å². The molecule has 0 aliphatic carbocycles. The van der Waals surface area contributed by atoms with Crippen molar-refractivity contribution in [3.63, 3.8) is 0 Å². The highest BCUT2D eigenvalue weighted by molar-refractivity contribution is 6.30. The maximum Gasteiger partial charge on any atom is 0.246 e. The first-order chi connectivity index (χ1) is 25.1. The molecule has 3 aliphatic heterocycles. The fourth-order valence-corrected chi connectivity index (χ4v) is 7.91. The highest BCUT2D eigenvalue weighted by Gasteiger charge is 2.44. The molecule has 5 amide bonds. The fraction of sp³-hybridized carbons (Fsp3) is 0.293. The number of carbonyl (C=O) groups is 5. The molecule has 0 spiro atoms. The third-order valence-electron chi connectivity index (χ3n) is 10.6. The summed E-state index contributed by atoms with van der Waals surface area (Å²) in [4.78, 5) is 74.1. The van der Waals surface area contributed by atoms with Crippen LogP contribution in [0.5, 0.6) is 0 Å². The molecule has 10 nitrogen and oxygen atoms in total. The Morgan fingerprint density at radius 2 is 1.12 bits per heavy atom. The largest absolute Gasteiger partial charge is 0.368 e. The number of nitrogens with one attached hydrogen (secondary N) is 1. The number of benzene rings is 4. The van der Waals surface area contributed by atoms with E-state index in [1.54, 1.807) is 24.3 Å². The third-order valence-corrected chi connectivity index (χ3v) is 10.9. The van der Waals surface area contributed by atoms with Crippen LogP contribution in [-0.2, 0) is 69.3 Å². The van der Waals surface area contributed by atoms with Crippen LogP contribution < -0.4 is 11.1 Å². The average Bonchev–Trinajstić information content (AvgIpc) is 3.16. The zero-order chi connectivity index (χ0) is 36.5. The zero-order valence-electron chi connectivity index (χ0n) is 28.8. The first-order valence-electron chi connectivity index (χ1n) is 17.5. The van der Waals surface area contributed by atoms with Crippen LogP contribution in [0.4, 0.5) is 0 Å². The lowest BCUT2D eigenvalue weighted by molar-refractivity contribution is -0.153. The van der Waals surface area contributed by atoms with Gasteiger partial charge < -0.3 is 25.8 Å². The van der Waals surface area contributed by atoms with E-state index in [2.05, 4.69) is 5.32 Å². The predicted molar refractivity (Wildman–Crippen MR) is 195 cm³/mol. The SMILES string of the molecule is CC(=O)N1Cc2ccccc2CC1C(=O)N[C@H](Cc1ccc(Cl)cc1)C(=O)N1Cc2ccccc2CC1C(=O)N1Cc2ccccc2CC1C(N)=O. The Balaban J connectivity index is 1.23. The van der Waals surface area contributed by atoms with E-state index in [4.69, 9.17) is 17.3 Å². The summed E-state index contributed by atoms with van der Waals surface area (Å²) in [6.45, 7) is 2.02. The van der Waals surface area contributed by atoms with E-state index in [9.17, 15) is 24.0 Å². The summed E-state index contributed by atoms with van der Waals surface area (Å²) in [7, 11) is 0. The average molecular weight is 718 g/mol. The lowest BCUT2D eigenvalue weighted by Crippen LogP contribution is -2.62. The van der Waals surface area contributed by atoms with Gasteiger partial charge in [-0.05, 0) is 51.1 Å². The minimum absolute atomic E-state index is 0.116. The van der Waals surface area contributed by atoms with Gasteiger partial charge in [0.25, 0.3) is 0 Å². The summed E-state index contributed by atoms with van der Waals surface area (Å²) in [5.74, 6) is -2.16. The number of fused-ring (bicyclic) bond motifs is 3. The molecule has 4 atom stereocenters. The molecule has 0 fully saturated rings. The number of hydrogen-bond acceptors (Lipinski definition) is 5. The van der Waals surface area contributed by atoms with E-state index in [-0.39, 0.29) is 50.7 Å². The molecule has 52 heavy (non-hydrogen) atoms. The van der Waals surface area contributed by atoms with Gasteiger partial charge in [-0.3, -0.25) is 24.0 Å². The van der Waals surface area contributed by atoms with Crippen molar-refractivity contribution in [2.45, 2.75) is 76.4 Å². The molecule has 4 aromatic carbocycles. The lowest BCUT2D eigenvalue weighted by Gasteiger charge is -2.43. The maximum atomic E-state index is 15.0. The minimum atomic E-state index is -1.09. The van der Waals surface area contributed by atoms with Gasteiger partial charge in [0.2, 0.25) is 29.5 Å². The quantitative estimate of drug-likeness (QED) is 0.301. The molecular weight excluding hydrogens is 678 g/mol. The van der Waals surface area contributed by atoms with Gasteiger partial charge in [-0.15, -0.1) is 0 Å². The second-order valence-electron chi connectivity index (χ2n) is 13.8. The van der Waals surface area contributed by atoms with Gasteiger partial charge in [-0.1, -0.05) is 96.5 Å². The van der Waals surface area contributed by atoms with Crippen LogP contribution in [-0.4, -0.2) is 68.4 Å². The number of carbonyl (C=O) groups excluding carboxylic acids is 5. The lowest BCUT2D eigenvalue weighted by atomic mass is 9.89. The Morgan fingerprint density at radius 1 is 0.654 bits per heavy atom. The Morgan fingerprint density at radius 3 is 1.63 bits per heavy atom. The Bertz CT molecular complexity index is 2050. The molecule has 3 unspecified atom stereocenters. The topological polar surface area (TPSA) is 133 Å². The van der Waals surface area contributed by atoms with Gasteiger partial charge >= 0.3 is 0 Å². The molecule has 4 aromatic rings. The van der Waals surface area contributed by atoms with Crippen molar-refractivity contribution in [1.82, 2.24) is 20.0 Å². The number of nitrogens with zero attached hydrogens (tertiary/aromatic N) is 3. The Kier molecular flexibility index (Phi) is 9.83. The molecule has 0 radical (unpaired) electrons. The summed E-state index contributed by atoms with van der Waals surface area (Å²) in [5.41, 5.74) is 12.3. The summed E-state index contributed by atoms with van der Waals surface area (Å²) >= 11 is 6.19. The van der Waals surface area contributed by atoms with Crippen molar-refractivity contribution in [1.29, 1.82) is 0 Å². The minimum Gasteiger partial charge on any atom is -0.368 e.